The number of alkyl halides is 1. The van der Waals surface area contributed by atoms with Gasteiger partial charge in [0, 0.05) is 55.9 Å². The predicted molar refractivity (Wildman–Crippen MR) is 213 cm³/mol. The minimum atomic E-state index is -1.15. The van der Waals surface area contributed by atoms with Gasteiger partial charge in [0.1, 0.15) is 24.4 Å². The van der Waals surface area contributed by atoms with Gasteiger partial charge in [-0.25, -0.2) is 14.6 Å². The first-order valence-corrected chi connectivity index (χ1v) is 19.2. The zero-order chi connectivity index (χ0) is 40.9. The molecule has 1 aliphatic heterocycles. The van der Waals surface area contributed by atoms with Gasteiger partial charge in [0.15, 0.2) is 0 Å². The van der Waals surface area contributed by atoms with Gasteiger partial charge >= 0.3 is 12.1 Å². The number of amides is 2. The van der Waals surface area contributed by atoms with E-state index >= 15 is 0 Å². The summed E-state index contributed by atoms with van der Waals surface area (Å²) in [5.74, 6) is -1.61. The lowest BCUT2D eigenvalue weighted by Crippen LogP contribution is -2.60. The van der Waals surface area contributed by atoms with Crippen LogP contribution in [0.3, 0.4) is 0 Å². The van der Waals surface area contributed by atoms with Gasteiger partial charge in [-0.2, -0.15) is 0 Å². The van der Waals surface area contributed by atoms with Crippen molar-refractivity contribution in [2.75, 3.05) is 20.3 Å². The Labute approximate surface area is 328 Å². The molecule has 1 aliphatic rings. The maximum absolute atomic E-state index is 14.6. The van der Waals surface area contributed by atoms with Crippen molar-refractivity contribution in [1.29, 1.82) is 0 Å². The molecule has 5 rings (SSSR count). The van der Waals surface area contributed by atoms with Crippen LogP contribution in [0.2, 0.25) is 0 Å². The Morgan fingerprint density at radius 1 is 1.07 bits per heavy atom. The number of fused-ring (bicyclic) bond motifs is 1. The Balaban J connectivity index is 1.62. The number of halogens is 1. The third-order valence-electron chi connectivity index (χ3n) is 10.1. The second kappa shape index (κ2) is 17.5. The summed E-state index contributed by atoms with van der Waals surface area (Å²) in [6.45, 7) is 13.4. The molecule has 4 N–H and O–H groups in total. The third-order valence-corrected chi connectivity index (χ3v) is 10.1. The molecule has 4 aromatic rings. The topological polar surface area (TPSA) is 155 Å². The number of aromatic nitrogens is 2. The van der Waals surface area contributed by atoms with Crippen molar-refractivity contribution in [1.82, 2.24) is 25.3 Å². The molecule has 2 unspecified atom stereocenters. The van der Waals surface area contributed by atoms with Crippen molar-refractivity contribution in [3.63, 3.8) is 0 Å². The summed E-state index contributed by atoms with van der Waals surface area (Å²) >= 11 is 0. The standard InChI is InChI=1S/C43H56FN5O7/c1-9-48-36-15-14-29(22-32(36)33(23-43(6,7)25-50)38(48)31-12-10-16-45-37(31)26(2)55-8)30-19-27(18-28(20-30)24-44)21-35(46-41(54)56-42(3,4)5)39(51)49-17-11-13-34(47-49)40(52)53/h10,12,14-16,18-20,22,26,34-35,47,50H,9,11,13,17,21,23-25H2,1-8H3,(H,46,54)(H,52,53)/t26?,34-,35?/m0/s1. The number of rotatable bonds is 14. The van der Waals surface area contributed by atoms with E-state index in [0.717, 1.165) is 44.5 Å². The number of hydrazine groups is 1. The summed E-state index contributed by atoms with van der Waals surface area (Å²) in [7, 11) is 1.66. The molecule has 302 valence electrons. The lowest BCUT2D eigenvalue weighted by atomic mass is 9.84. The molecule has 0 spiro atoms. The number of methoxy groups -OCH3 is 1. The van der Waals surface area contributed by atoms with Gasteiger partial charge in [0.25, 0.3) is 5.91 Å². The number of benzene rings is 2. The number of aliphatic hydroxyl groups is 1. The van der Waals surface area contributed by atoms with Crippen LogP contribution in [0.15, 0.2) is 54.7 Å². The van der Waals surface area contributed by atoms with E-state index in [1.165, 1.54) is 5.01 Å². The van der Waals surface area contributed by atoms with Gasteiger partial charge in [-0.15, -0.1) is 0 Å². The summed E-state index contributed by atoms with van der Waals surface area (Å²) in [6, 6.07) is 13.3. The first-order chi connectivity index (χ1) is 26.5. The maximum Gasteiger partial charge on any atom is 0.408 e. The number of alkyl carbamates (subject to hydrolysis) is 1. The molecule has 2 aromatic heterocycles. The van der Waals surface area contributed by atoms with Crippen LogP contribution in [0, 0.1) is 5.41 Å². The van der Waals surface area contributed by atoms with Crippen LogP contribution < -0.4 is 10.7 Å². The molecule has 3 heterocycles. The molecular weight excluding hydrogens is 717 g/mol. The van der Waals surface area contributed by atoms with E-state index in [1.807, 2.05) is 39.0 Å². The van der Waals surface area contributed by atoms with Gasteiger partial charge in [0.05, 0.1) is 17.5 Å². The molecule has 0 saturated carbocycles. The van der Waals surface area contributed by atoms with Crippen LogP contribution in [0.5, 0.6) is 0 Å². The van der Waals surface area contributed by atoms with E-state index < -0.39 is 47.7 Å². The molecule has 0 bridgehead atoms. The SMILES string of the molecule is CCn1c(-c2cccnc2C(C)OC)c(CC(C)(C)CO)c2cc(-c3cc(CF)cc(CC(NC(=O)OC(C)(C)C)C(=O)N4CCC[C@@H](C(=O)O)N4)c3)ccc21. The van der Waals surface area contributed by atoms with Crippen LogP contribution in [-0.2, 0) is 45.1 Å². The summed E-state index contributed by atoms with van der Waals surface area (Å²) in [5, 5.41) is 25.0. The first-order valence-electron chi connectivity index (χ1n) is 19.2. The Hall–Kier alpha value is -4.85. The van der Waals surface area contributed by atoms with Crippen molar-refractivity contribution < 1.29 is 38.5 Å². The van der Waals surface area contributed by atoms with Crippen LogP contribution >= 0.6 is 0 Å². The lowest BCUT2D eigenvalue weighted by molar-refractivity contribution is -0.147. The number of nitrogens with zero attached hydrogens (tertiary/aromatic N) is 3. The number of aliphatic carboxylic acids is 1. The van der Waals surface area contributed by atoms with Crippen molar-refractivity contribution >= 4 is 28.9 Å². The van der Waals surface area contributed by atoms with Crippen molar-refractivity contribution in [3.05, 3.63) is 77.1 Å². The molecule has 1 fully saturated rings. The third kappa shape index (κ3) is 9.74. The number of carboxylic acids is 1. The highest BCUT2D eigenvalue weighted by Crippen LogP contribution is 2.41. The fourth-order valence-electron chi connectivity index (χ4n) is 7.33. The minimum absolute atomic E-state index is 0.00908. The quantitative estimate of drug-likeness (QED) is 0.105. The fourth-order valence-corrected chi connectivity index (χ4v) is 7.33. The van der Waals surface area contributed by atoms with E-state index in [9.17, 15) is 29.0 Å². The molecule has 56 heavy (non-hydrogen) atoms. The number of aryl methyl sites for hydroxylation is 1. The van der Waals surface area contributed by atoms with Crippen LogP contribution in [0.25, 0.3) is 33.3 Å². The number of nitrogens with one attached hydrogen (secondary N) is 2. The number of hydrogen-bond acceptors (Lipinski definition) is 8. The van der Waals surface area contributed by atoms with Gasteiger partial charge in [-0.1, -0.05) is 32.0 Å². The molecule has 2 aromatic carbocycles. The van der Waals surface area contributed by atoms with Gasteiger partial charge in [-0.05, 0) is 117 Å². The van der Waals surface area contributed by atoms with Crippen LogP contribution in [-0.4, -0.2) is 80.7 Å². The number of aliphatic hydroxyl groups excluding tert-OH is 1. The van der Waals surface area contributed by atoms with E-state index in [0.29, 0.717) is 36.9 Å². The van der Waals surface area contributed by atoms with Gasteiger partial charge in [-0.3, -0.25) is 19.6 Å². The summed E-state index contributed by atoms with van der Waals surface area (Å²) in [4.78, 5) is 43.5. The first kappa shape index (κ1) is 42.3. The van der Waals surface area contributed by atoms with Gasteiger partial charge in [0.2, 0.25) is 0 Å². The number of pyridine rings is 1. The molecule has 1 saturated heterocycles. The lowest BCUT2D eigenvalue weighted by Gasteiger charge is -2.34. The Morgan fingerprint density at radius 2 is 1.80 bits per heavy atom. The monoisotopic (exact) mass is 773 g/mol. The summed E-state index contributed by atoms with van der Waals surface area (Å²) in [5.41, 5.74) is 8.81. The highest BCUT2D eigenvalue weighted by atomic mass is 19.1. The fraction of sp³-hybridized carbons (Fsp3) is 0.488. The van der Waals surface area contributed by atoms with E-state index in [2.05, 4.69) is 40.4 Å². The normalized spacial score (nSPS) is 16.1. The van der Waals surface area contributed by atoms with Crippen molar-refractivity contribution in [2.45, 2.75) is 111 Å². The predicted octanol–water partition coefficient (Wildman–Crippen LogP) is 7.14. The second-order valence-electron chi connectivity index (χ2n) is 16.3. The number of hydrogen-bond donors (Lipinski definition) is 4. The van der Waals surface area contributed by atoms with E-state index in [1.54, 1.807) is 46.2 Å². The van der Waals surface area contributed by atoms with Crippen molar-refractivity contribution in [2.24, 2.45) is 5.41 Å². The molecular formula is C43H56FN5O7. The number of carbonyl (C=O) groups is 3. The molecule has 0 radical (unpaired) electrons. The molecule has 0 aliphatic carbocycles. The minimum Gasteiger partial charge on any atom is -0.480 e. The second-order valence-corrected chi connectivity index (χ2v) is 16.3. The molecule has 2 amide bonds. The molecule has 12 nitrogen and oxygen atoms in total. The largest absolute Gasteiger partial charge is 0.480 e. The van der Waals surface area contributed by atoms with Crippen LogP contribution in [0.1, 0.15) is 89.8 Å². The smallest absolute Gasteiger partial charge is 0.408 e. The van der Waals surface area contributed by atoms with Gasteiger partial charge < -0.3 is 29.6 Å². The average molecular weight is 774 g/mol. The Bertz CT molecular complexity index is 2060. The van der Waals surface area contributed by atoms with Crippen LogP contribution in [0.4, 0.5) is 9.18 Å². The number of carboxylic acid groups (broad SMARTS) is 1. The highest BCUT2D eigenvalue weighted by molar-refractivity contribution is 5.95. The Morgan fingerprint density at radius 3 is 2.45 bits per heavy atom. The molecule has 3 atom stereocenters. The van der Waals surface area contributed by atoms with Crippen molar-refractivity contribution in [3.8, 4) is 22.4 Å². The number of ether oxygens (including phenoxy) is 2. The Kier molecular flexibility index (Phi) is 13.2. The summed E-state index contributed by atoms with van der Waals surface area (Å²) < 4.78 is 28.1. The van der Waals surface area contributed by atoms with E-state index in [4.69, 9.17) is 14.5 Å². The summed E-state index contributed by atoms with van der Waals surface area (Å²) in [6.07, 6.45) is 2.06. The zero-order valence-corrected chi connectivity index (χ0v) is 33.7. The zero-order valence-electron chi connectivity index (χ0n) is 33.7. The highest BCUT2D eigenvalue weighted by Gasteiger charge is 2.34. The van der Waals surface area contributed by atoms with E-state index in [-0.39, 0.29) is 25.7 Å². The molecule has 13 heteroatoms. The number of carbonyl (C=O) groups excluding carboxylic acids is 2. The maximum atomic E-state index is 14.6. The average Bonchev–Trinajstić information content (AvgIpc) is 3.47.